The highest BCUT2D eigenvalue weighted by molar-refractivity contribution is 5.94. The van der Waals surface area contributed by atoms with Crippen LogP contribution in [0.3, 0.4) is 0 Å². The fourth-order valence-electron chi connectivity index (χ4n) is 2.96. The number of carbonyl (C=O) groups is 1. The molecule has 1 amide bonds. The molecule has 1 spiro atoms. The third-order valence-electron chi connectivity index (χ3n) is 4.66. The zero-order valence-electron chi connectivity index (χ0n) is 12.0. The van der Waals surface area contributed by atoms with Gasteiger partial charge in [0.05, 0.1) is 12.2 Å². The van der Waals surface area contributed by atoms with E-state index in [4.69, 9.17) is 4.74 Å². The molecule has 1 N–H and O–H groups in total. The molecular weight excluding hydrogens is 256 g/mol. The summed E-state index contributed by atoms with van der Waals surface area (Å²) in [6.07, 6.45) is 2.85. The molecule has 0 aromatic carbocycles. The minimum Gasteiger partial charge on any atom is -0.375 e. The van der Waals surface area contributed by atoms with E-state index in [9.17, 15) is 9.59 Å². The van der Waals surface area contributed by atoms with Crippen LogP contribution in [0, 0.1) is 13.8 Å². The number of nitrogens with one attached hydrogen (secondary N) is 1. The summed E-state index contributed by atoms with van der Waals surface area (Å²) >= 11 is 0. The number of aryl methyl sites for hydroxylation is 2. The van der Waals surface area contributed by atoms with Crippen molar-refractivity contribution in [2.45, 2.75) is 38.7 Å². The monoisotopic (exact) mass is 276 g/mol. The van der Waals surface area contributed by atoms with Crippen molar-refractivity contribution in [3.63, 3.8) is 0 Å². The molecule has 0 saturated carbocycles. The molecule has 20 heavy (non-hydrogen) atoms. The van der Waals surface area contributed by atoms with E-state index >= 15 is 0 Å². The summed E-state index contributed by atoms with van der Waals surface area (Å²) in [5, 5.41) is 0. The average molecular weight is 276 g/mol. The topological polar surface area (TPSA) is 62.4 Å². The molecule has 2 saturated heterocycles. The molecule has 0 bridgehead atoms. The Labute approximate surface area is 117 Å². The van der Waals surface area contributed by atoms with Crippen LogP contribution in [0.5, 0.6) is 0 Å². The number of H-pyrrole nitrogens is 1. The van der Waals surface area contributed by atoms with Crippen molar-refractivity contribution in [2.75, 3.05) is 19.7 Å². The van der Waals surface area contributed by atoms with E-state index in [2.05, 4.69) is 4.98 Å². The first-order chi connectivity index (χ1) is 9.51. The average Bonchev–Trinajstić information content (AvgIpc) is 2.40. The number of likely N-dealkylation sites (tertiary alicyclic amines) is 1. The number of piperidine rings is 1. The first-order valence-electron chi connectivity index (χ1n) is 7.15. The second-order valence-electron chi connectivity index (χ2n) is 5.89. The molecule has 3 heterocycles. The van der Waals surface area contributed by atoms with Gasteiger partial charge in [0.25, 0.3) is 11.5 Å². The summed E-state index contributed by atoms with van der Waals surface area (Å²) in [7, 11) is 0. The number of hydrogen-bond donors (Lipinski definition) is 1. The van der Waals surface area contributed by atoms with E-state index in [0.717, 1.165) is 37.1 Å². The Morgan fingerprint density at radius 3 is 2.50 bits per heavy atom. The summed E-state index contributed by atoms with van der Waals surface area (Å²) in [6, 6.07) is 1.70. The van der Waals surface area contributed by atoms with E-state index in [-0.39, 0.29) is 22.6 Å². The number of ether oxygens (including phenoxy) is 1. The molecule has 1 aromatic heterocycles. The Morgan fingerprint density at radius 1 is 1.30 bits per heavy atom. The lowest BCUT2D eigenvalue weighted by atomic mass is 9.84. The largest absolute Gasteiger partial charge is 0.375 e. The Hall–Kier alpha value is -1.62. The molecule has 0 aliphatic carbocycles. The van der Waals surface area contributed by atoms with E-state index in [0.29, 0.717) is 13.1 Å². The van der Waals surface area contributed by atoms with Gasteiger partial charge in [-0.1, -0.05) is 0 Å². The zero-order chi connectivity index (χ0) is 14.3. The van der Waals surface area contributed by atoms with E-state index in [1.54, 1.807) is 11.0 Å². The number of rotatable bonds is 1. The van der Waals surface area contributed by atoms with Crippen molar-refractivity contribution in [1.82, 2.24) is 9.88 Å². The van der Waals surface area contributed by atoms with E-state index < -0.39 is 0 Å². The lowest BCUT2D eigenvalue weighted by Gasteiger charge is -2.47. The maximum absolute atomic E-state index is 12.5. The highest BCUT2D eigenvalue weighted by atomic mass is 16.5. The standard InChI is InChI=1S/C15H20N2O3/c1-10-9-12(13(18)16-11(10)2)14(19)17-6-3-15(4-7-17)5-8-20-15/h9H,3-8H2,1-2H3,(H,16,18). The van der Waals surface area contributed by atoms with Crippen molar-refractivity contribution in [2.24, 2.45) is 0 Å². The number of pyridine rings is 1. The van der Waals surface area contributed by atoms with Gasteiger partial charge in [-0.3, -0.25) is 9.59 Å². The zero-order valence-corrected chi connectivity index (χ0v) is 12.0. The second kappa shape index (κ2) is 4.74. The van der Waals surface area contributed by atoms with Crippen molar-refractivity contribution in [3.05, 3.63) is 33.2 Å². The molecular formula is C15H20N2O3. The lowest BCUT2D eigenvalue weighted by Crippen LogP contribution is -2.53. The first kappa shape index (κ1) is 13.4. The summed E-state index contributed by atoms with van der Waals surface area (Å²) in [4.78, 5) is 28.9. The van der Waals surface area contributed by atoms with E-state index in [1.165, 1.54) is 0 Å². The van der Waals surface area contributed by atoms with E-state index in [1.807, 2.05) is 13.8 Å². The van der Waals surface area contributed by atoms with Crippen molar-refractivity contribution in [3.8, 4) is 0 Å². The lowest BCUT2D eigenvalue weighted by molar-refractivity contribution is -0.169. The predicted octanol–water partition coefficient (Wildman–Crippen LogP) is 1.39. The molecule has 2 fully saturated rings. The normalized spacial score (nSPS) is 20.8. The molecule has 0 radical (unpaired) electrons. The van der Waals surface area contributed by atoms with Crippen LogP contribution in [-0.2, 0) is 4.74 Å². The van der Waals surface area contributed by atoms with Gasteiger partial charge in [0.2, 0.25) is 0 Å². The third-order valence-corrected chi connectivity index (χ3v) is 4.66. The van der Waals surface area contributed by atoms with Crippen molar-refractivity contribution >= 4 is 5.91 Å². The van der Waals surface area contributed by atoms with Gasteiger partial charge in [-0.15, -0.1) is 0 Å². The SMILES string of the molecule is Cc1cc(C(=O)N2CCC3(CCO3)CC2)c(=O)[nH]c1C. The van der Waals surface area contributed by atoms with Gasteiger partial charge in [0, 0.05) is 18.8 Å². The summed E-state index contributed by atoms with van der Waals surface area (Å²) in [6.45, 7) is 5.92. The number of hydrogen-bond acceptors (Lipinski definition) is 3. The fourth-order valence-corrected chi connectivity index (χ4v) is 2.96. The molecule has 108 valence electrons. The summed E-state index contributed by atoms with van der Waals surface area (Å²) < 4.78 is 5.65. The minimum absolute atomic E-state index is 0.0202. The second-order valence-corrected chi connectivity index (χ2v) is 5.89. The maximum atomic E-state index is 12.5. The van der Waals surface area contributed by atoms with Crippen LogP contribution in [-0.4, -0.2) is 41.1 Å². The molecule has 2 aliphatic heterocycles. The van der Waals surface area contributed by atoms with Crippen molar-refractivity contribution in [1.29, 1.82) is 0 Å². The highest BCUT2D eigenvalue weighted by Crippen LogP contribution is 2.36. The van der Waals surface area contributed by atoms with Crippen LogP contribution in [0.4, 0.5) is 0 Å². The Bertz CT molecular complexity index is 592. The summed E-state index contributed by atoms with van der Waals surface area (Å²) in [5.41, 5.74) is 1.72. The Kier molecular flexibility index (Phi) is 3.17. The number of amides is 1. The Morgan fingerprint density at radius 2 is 1.95 bits per heavy atom. The van der Waals surface area contributed by atoms with Crippen LogP contribution >= 0.6 is 0 Å². The van der Waals surface area contributed by atoms with Gasteiger partial charge in [-0.2, -0.15) is 0 Å². The Balaban J connectivity index is 1.76. The molecule has 5 nitrogen and oxygen atoms in total. The predicted molar refractivity (Wildman–Crippen MR) is 75.0 cm³/mol. The van der Waals surface area contributed by atoms with Crippen LogP contribution in [0.25, 0.3) is 0 Å². The number of aromatic nitrogens is 1. The molecule has 5 heteroatoms. The van der Waals surface area contributed by atoms with Crippen molar-refractivity contribution < 1.29 is 9.53 Å². The quantitative estimate of drug-likeness (QED) is 0.843. The molecule has 0 atom stereocenters. The first-order valence-corrected chi connectivity index (χ1v) is 7.15. The summed E-state index contributed by atoms with van der Waals surface area (Å²) in [5.74, 6) is -0.163. The number of nitrogens with zero attached hydrogens (tertiary/aromatic N) is 1. The van der Waals surface area contributed by atoms with Crippen LogP contribution < -0.4 is 5.56 Å². The van der Waals surface area contributed by atoms with Crippen LogP contribution in [0.2, 0.25) is 0 Å². The van der Waals surface area contributed by atoms with Gasteiger partial charge in [0.15, 0.2) is 0 Å². The third kappa shape index (κ3) is 2.16. The van der Waals surface area contributed by atoms with Gasteiger partial charge in [-0.05, 0) is 44.7 Å². The molecule has 1 aromatic rings. The van der Waals surface area contributed by atoms with Gasteiger partial charge < -0.3 is 14.6 Å². The minimum atomic E-state index is -0.293. The maximum Gasteiger partial charge on any atom is 0.261 e. The van der Waals surface area contributed by atoms with Gasteiger partial charge in [0.1, 0.15) is 5.56 Å². The smallest absolute Gasteiger partial charge is 0.261 e. The number of carbonyl (C=O) groups excluding carboxylic acids is 1. The highest BCUT2D eigenvalue weighted by Gasteiger charge is 2.42. The molecule has 0 unspecified atom stereocenters. The molecule has 3 rings (SSSR count). The van der Waals surface area contributed by atoms with Crippen LogP contribution in [0.15, 0.2) is 10.9 Å². The van der Waals surface area contributed by atoms with Gasteiger partial charge >= 0.3 is 0 Å². The van der Waals surface area contributed by atoms with Gasteiger partial charge in [-0.25, -0.2) is 0 Å². The molecule has 2 aliphatic rings. The fraction of sp³-hybridized carbons (Fsp3) is 0.600. The van der Waals surface area contributed by atoms with Crippen LogP contribution in [0.1, 0.15) is 40.9 Å². The number of aromatic amines is 1.